The second-order valence-electron chi connectivity index (χ2n) is 3.19. The summed E-state index contributed by atoms with van der Waals surface area (Å²) in [5.74, 6) is 9.68. The van der Waals surface area contributed by atoms with Gasteiger partial charge in [0, 0.05) is 6.07 Å². The number of pyridine rings is 1. The molecule has 4 amide bonds. The van der Waals surface area contributed by atoms with Gasteiger partial charge < -0.3 is 11.5 Å². The van der Waals surface area contributed by atoms with Crippen molar-refractivity contribution in [2.75, 3.05) is 10.0 Å². The van der Waals surface area contributed by atoms with Crippen LogP contribution in [-0.4, -0.2) is 22.0 Å². The lowest BCUT2D eigenvalue weighted by Crippen LogP contribution is -2.44. The van der Waals surface area contributed by atoms with Crippen molar-refractivity contribution in [3.63, 3.8) is 0 Å². The van der Waals surface area contributed by atoms with Crippen LogP contribution in [0.25, 0.3) is 0 Å². The number of nitrogens with two attached hydrogens (primary N) is 4. The second-order valence-corrected chi connectivity index (χ2v) is 3.19. The van der Waals surface area contributed by atoms with E-state index in [4.69, 9.17) is 23.2 Å². The maximum atomic E-state index is 10.9. The highest BCUT2D eigenvalue weighted by atomic mass is 16.6. The van der Waals surface area contributed by atoms with Crippen LogP contribution in [0, 0.1) is 10.1 Å². The third-order valence-electron chi connectivity index (χ3n) is 1.99. The summed E-state index contributed by atoms with van der Waals surface area (Å²) in [6, 6.07) is -0.241. The first-order valence-corrected chi connectivity index (χ1v) is 4.59. The summed E-state index contributed by atoms with van der Waals surface area (Å²) in [6.07, 6.45) is 0. The number of nitro groups is 1. The smallest absolute Gasteiger partial charge is 0.335 e. The zero-order valence-electron chi connectivity index (χ0n) is 9.39. The number of hydrogen-bond acceptors (Lipinski definition) is 7. The Kier molecular flexibility index (Phi) is 3.79. The van der Waals surface area contributed by atoms with Gasteiger partial charge in [-0.25, -0.2) is 36.3 Å². The van der Waals surface area contributed by atoms with Gasteiger partial charge in [0.05, 0.1) is 4.92 Å². The Morgan fingerprint density at radius 3 is 2.11 bits per heavy atom. The van der Waals surface area contributed by atoms with E-state index >= 15 is 0 Å². The molecular weight excluding hydrogens is 260 g/mol. The highest BCUT2D eigenvalue weighted by Gasteiger charge is 2.24. The van der Waals surface area contributed by atoms with Gasteiger partial charge in [0.25, 0.3) is 0 Å². The van der Waals surface area contributed by atoms with E-state index in [1.807, 2.05) is 0 Å². The van der Waals surface area contributed by atoms with Crippen molar-refractivity contribution < 1.29 is 14.5 Å². The highest BCUT2D eigenvalue weighted by Crippen LogP contribution is 2.26. The molecule has 0 saturated carbocycles. The molecule has 1 rings (SSSR count). The van der Waals surface area contributed by atoms with E-state index in [1.54, 1.807) is 0 Å². The van der Waals surface area contributed by atoms with Crippen molar-refractivity contribution in [2.24, 2.45) is 23.2 Å². The van der Waals surface area contributed by atoms with Crippen molar-refractivity contribution >= 4 is 29.4 Å². The van der Waals surface area contributed by atoms with Crippen LogP contribution >= 0.6 is 0 Å². The Labute approximate surface area is 105 Å². The van der Waals surface area contributed by atoms with Crippen LogP contribution in [0.1, 0.15) is 0 Å². The lowest BCUT2D eigenvalue weighted by atomic mass is 10.3. The maximum absolute atomic E-state index is 10.9. The Balaban J connectivity index is 3.38. The first-order chi connectivity index (χ1) is 8.75. The van der Waals surface area contributed by atoms with Gasteiger partial charge in [-0.05, 0) is 6.07 Å². The molecule has 12 heteroatoms. The number of carbonyl (C=O) groups is 2. The van der Waals surface area contributed by atoms with Gasteiger partial charge in [0.15, 0.2) is 5.82 Å². The van der Waals surface area contributed by atoms with Gasteiger partial charge >= 0.3 is 17.7 Å². The van der Waals surface area contributed by atoms with E-state index in [1.165, 1.54) is 0 Å². The zero-order valence-corrected chi connectivity index (χ0v) is 9.39. The molecule has 0 aliphatic heterocycles. The molecule has 0 unspecified atom stereocenters. The third-order valence-corrected chi connectivity index (χ3v) is 1.99. The number of hydrogen-bond donors (Lipinski definition) is 4. The normalized spacial score (nSPS) is 9.79. The molecule has 0 atom stereocenters. The predicted octanol–water partition coefficient (Wildman–Crippen LogP) is -1.49. The lowest BCUT2D eigenvalue weighted by Gasteiger charge is -2.16. The van der Waals surface area contributed by atoms with E-state index in [9.17, 15) is 19.7 Å². The van der Waals surface area contributed by atoms with E-state index in [0.717, 1.165) is 12.1 Å². The molecule has 19 heavy (non-hydrogen) atoms. The topological polar surface area (TPSA) is 201 Å². The molecule has 8 N–H and O–H groups in total. The molecule has 0 fully saturated rings. The summed E-state index contributed by atoms with van der Waals surface area (Å²) < 4.78 is 0. The first-order valence-electron chi connectivity index (χ1n) is 4.59. The molecule has 12 nitrogen and oxygen atoms in total. The summed E-state index contributed by atoms with van der Waals surface area (Å²) in [5, 5.41) is 11.4. The van der Waals surface area contributed by atoms with Gasteiger partial charge in [-0.1, -0.05) is 0 Å². The standard InChI is InChI=1S/C7H10N8O4/c8-6(16)13(10)4-2-1-3(15(18)19)5(12-4)14(11)7(9)17/h1-2H,10-11H2,(H2,8,16)(H2,9,17). The van der Waals surface area contributed by atoms with Crippen LogP contribution in [0.3, 0.4) is 0 Å². The number of urea groups is 2. The van der Waals surface area contributed by atoms with Crippen molar-refractivity contribution in [1.82, 2.24) is 4.98 Å². The van der Waals surface area contributed by atoms with Crippen molar-refractivity contribution in [3.05, 3.63) is 22.2 Å². The maximum Gasteiger partial charge on any atom is 0.335 e. The van der Waals surface area contributed by atoms with Gasteiger partial charge in [-0.15, -0.1) is 0 Å². The number of amides is 4. The largest absolute Gasteiger partial charge is 0.350 e. The van der Waals surface area contributed by atoms with Crippen LogP contribution in [0.15, 0.2) is 12.1 Å². The highest BCUT2D eigenvalue weighted by molar-refractivity contribution is 5.92. The van der Waals surface area contributed by atoms with E-state index in [-0.39, 0.29) is 10.8 Å². The van der Waals surface area contributed by atoms with Gasteiger partial charge in [-0.2, -0.15) is 0 Å². The molecule has 0 saturated heterocycles. The zero-order chi connectivity index (χ0) is 14.7. The number of anilines is 2. The van der Waals surface area contributed by atoms with Crippen LogP contribution < -0.4 is 33.2 Å². The summed E-state index contributed by atoms with van der Waals surface area (Å²) in [6.45, 7) is 0. The molecule has 0 radical (unpaired) electrons. The molecule has 0 aliphatic rings. The summed E-state index contributed by atoms with van der Waals surface area (Å²) in [4.78, 5) is 35.3. The summed E-state index contributed by atoms with van der Waals surface area (Å²) in [5.41, 5.74) is 9.19. The lowest BCUT2D eigenvalue weighted by molar-refractivity contribution is -0.384. The van der Waals surface area contributed by atoms with Crippen LogP contribution in [0.2, 0.25) is 0 Å². The van der Waals surface area contributed by atoms with Crippen LogP contribution in [-0.2, 0) is 0 Å². The average Bonchev–Trinajstić information content (AvgIpc) is 2.35. The fourth-order valence-electron chi connectivity index (χ4n) is 1.10. The van der Waals surface area contributed by atoms with Gasteiger partial charge in [0.2, 0.25) is 5.82 Å². The Morgan fingerprint density at radius 2 is 1.68 bits per heavy atom. The third kappa shape index (κ3) is 2.82. The quantitative estimate of drug-likeness (QED) is 0.221. The fourth-order valence-corrected chi connectivity index (χ4v) is 1.10. The molecule has 0 spiro atoms. The second kappa shape index (κ2) is 5.11. The minimum atomic E-state index is -1.18. The summed E-state index contributed by atoms with van der Waals surface area (Å²) in [7, 11) is 0. The monoisotopic (exact) mass is 270 g/mol. The minimum Gasteiger partial charge on any atom is -0.350 e. The molecule has 1 aromatic rings. The van der Waals surface area contributed by atoms with E-state index < -0.39 is 28.5 Å². The first kappa shape index (κ1) is 14.1. The van der Waals surface area contributed by atoms with Crippen molar-refractivity contribution in [3.8, 4) is 0 Å². The van der Waals surface area contributed by atoms with Gasteiger partial charge in [-0.3, -0.25) is 10.1 Å². The molecule has 0 bridgehead atoms. The Bertz CT molecular complexity index is 546. The minimum absolute atomic E-state index is 0.246. The SMILES string of the molecule is NC(=O)N(N)c1ccc([N+](=O)[O-])c(N(N)C(N)=O)n1. The number of carbonyl (C=O) groups excluding carboxylic acids is 2. The fraction of sp³-hybridized carbons (Fsp3) is 0. The van der Waals surface area contributed by atoms with Gasteiger partial charge in [0.1, 0.15) is 0 Å². The van der Waals surface area contributed by atoms with E-state index in [0.29, 0.717) is 5.01 Å². The molecule has 102 valence electrons. The number of primary amides is 2. The average molecular weight is 270 g/mol. The summed E-state index contributed by atoms with van der Waals surface area (Å²) >= 11 is 0. The molecule has 1 aromatic heterocycles. The van der Waals surface area contributed by atoms with Crippen molar-refractivity contribution in [1.29, 1.82) is 0 Å². The molecule has 0 aliphatic carbocycles. The Morgan fingerprint density at radius 1 is 1.16 bits per heavy atom. The molecular formula is C7H10N8O4. The molecule has 1 heterocycles. The Hall–Kier alpha value is -2.99. The van der Waals surface area contributed by atoms with E-state index in [2.05, 4.69) is 4.98 Å². The van der Waals surface area contributed by atoms with Crippen LogP contribution in [0.5, 0.6) is 0 Å². The number of nitrogens with zero attached hydrogens (tertiary/aromatic N) is 4. The van der Waals surface area contributed by atoms with Crippen LogP contribution in [0.4, 0.5) is 26.9 Å². The number of hydrazine groups is 2. The van der Waals surface area contributed by atoms with Crippen molar-refractivity contribution in [2.45, 2.75) is 0 Å². The number of rotatable bonds is 3. The predicted molar refractivity (Wildman–Crippen MR) is 63.4 cm³/mol. The molecule has 0 aromatic carbocycles. The number of aromatic nitrogens is 1.